The molecule has 3 rings (SSSR count). The van der Waals surface area contributed by atoms with E-state index in [1.54, 1.807) is 13.0 Å². The van der Waals surface area contributed by atoms with Crippen molar-refractivity contribution in [3.63, 3.8) is 0 Å². The van der Waals surface area contributed by atoms with E-state index in [1.807, 2.05) is 24.1 Å². The van der Waals surface area contributed by atoms with E-state index >= 15 is 0 Å². The van der Waals surface area contributed by atoms with Crippen LogP contribution in [-0.2, 0) is 16.1 Å². The normalized spacial score (nSPS) is 23.3. The van der Waals surface area contributed by atoms with Crippen molar-refractivity contribution in [3.05, 3.63) is 34.9 Å². The van der Waals surface area contributed by atoms with Gasteiger partial charge >= 0.3 is 5.97 Å². The van der Waals surface area contributed by atoms with E-state index in [9.17, 15) is 14.7 Å². The van der Waals surface area contributed by atoms with Crippen LogP contribution in [0.2, 0.25) is 0 Å². The Hall–Kier alpha value is -1.92. The number of carboxylic acid groups (broad SMARTS) is 1. The van der Waals surface area contributed by atoms with Crippen molar-refractivity contribution >= 4 is 11.9 Å². The molecule has 1 amide bonds. The highest BCUT2D eigenvalue weighted by Gasteiger charge is 2.34. The first kappa shape index (κ1) is 21.8. The number of aromatic carboxylic acids is 1. The second kappa shape index (κ2) is 9.72. The fraction of sp³-hybridized carbons (Fsp3) is 0.652. The third kappa shape index (κ3) is 5.37. The molecule has 0 heterocycles. The number of aryl methyl sites for hydroxylation is 1. The van der Waals surface area contributed by atoms with Crippen molar-refractivity contribution in [1.82, 2.24) is 4.90 Å². The van der Waals surface area contributed by atoms with Gasteiger partial charge in [-0.25, -0.2) is 4.79 Å². The molecule has 0 saturated heterocycles. The van der Waals surface area contributed by atoms with Gasteiger partial charge < -0.3 is 20.5 Å². The van der Waals surface area contributed by atoms with Crippen LogP contribution in [0.25, 0.3) is 0 Å². The van der Waals surface area contributed by atoms with E-state index in [0.717, 1.165) is 49.7 Å². The molecule has 0 aliphatic heterocycles. The predicted octanol–water partition coefficient (Wildman–Crippen LogP) is 3.35. The molecular formula is C23H34N2O4. The Morgan fingerprint density at radius 1 is 1.21 bits per heavy atom. The van der Waals surface area contributed by atoms with Gasteiger partial charge in [0.1, 0.15) is 0 Å². The number of likely N-dealkylation sites (N-methyl/N-ethyl adjacent to an activating group) is 1. The Bertz CT molecular complexity index is 724. The van der Waals surface area contributed by atoms with Gasteiger partial charge in [-0.1, -0.05) is 12.1 Å². The molecule has 0 spiro atoms. The van der Waals surface area contributed by atoms with Crippen LogP contribution in [0.1, 0.15) is 66.4 Å². The largest absolute Gasteiger partial charge is 0.478 e. The number of amides is 1. The molecule has 29 heavy (non-hydrogen) atoms. The maximum Gasteiger partial charge on any atom is 0.335 e. The second-order valence-corrected chi connectivity index (χ2v) is 8.81. The van der Waals surface area contributed by atoms with Crippen molar-refractivity contribution in [2.75, 3.05) is 13.7 Å². The Morgan fingerprint density at radius 2 is 1.90 bits per heavy atom. The molecule has 2 aliphatic carbocycles. The molecular weight excluding hydrogens is 368 g/mol. The van der Waals surface area contributed by atoms with Gasteiger partial charge in [0, 0.05) is 19.7 Å². The highest BCUT2D eigenvalue weighted by Crippen LogP contribution is 2.32. The summed E-state index contributed by atoms with van der Waals surface area (Å²) in [7, 11) is 1.90. The summed E-state index contributed by atoms with van der Waals surface area (Å²) in [6, 6.07) is 5.44. The van der Waals surface area contributed by atoms with Crippen molar-refractivity contribution in [3.8, 4) is 0 Å². The highest BCUT2D eigenvalue weighted by atomic mass is 16.5. The summed E-state index contributed by atoms with van der Waals surface area (Å²) >= 11 is 0. The van der Waals surface area contributed by atoms with Crippen LogP contribution in [0.4, 0.5) is 0 Å². The van der Waals surface area contributed by atoms with Gasteiger partial charge in [-0.2, -0.15) is 0 Å². The lowest BCUT2D eigenvalue weighted by atomic mass is 9.78. The SMILES string of the molecule is Cc1ccc(COCC2CCC([C@H](N)C(=O)N(C)C3CCC3)CC2)cc1C(=O)O. The Kier molecular flexibility index (Phi) is 7.30. The molecule has 160 valence electrons. The summed E-state index contributed by atoms with van der Waals surface area (Å²) in [4.78, 5) is 25.7. The highest BCUT2D eigenvalue weighted by molar-refractivity contribution is 5.89. The molecule has 1 atom stereocenters. The summed E-state index contributed by atoms with van der Waals surface area (Å²) in [6.07, 6.45) is 7.39. The van der Waals surface area contributed by atoms with Crippen LogP contribution in [-0.4, -0.2) is 47.6 Å². The van der Waals surface area contributed by atoms with Gasteiger partial charge in [0.2, 0.25) is 5.91 Å². The molecule has 6 heteroatoms. The molecule has 2 saturated carbocycles. The number of nitrogens with two attached hydrogens (primary N) is 1. The zero-order valence-corrected chi connectivity index (χ0v) is 17.6. The van der Waals surface area contributed by atoms with Crippen LogP contribution < -0.4 is 5.73 Å². The maximum atomic E-state index is 12.6. The molecule has 0 radical (unpaired) electrons. The molecule has 0 unspecified atom stereocenters. The van der Waals surface area contributed by atoms with Crippen LogP contribution in [0.15, 0.2) is 18.2 Å². The minimum Gasteiger partial charge on any atom is -0.478 e. The summed E-state index contributed by atoms with van der Waals surface area (Å²) in [6.45, 7) is 2.88. The Morgan fingerprint density at radius 3 is 2.48 bits per heavy atom. The average molecular weight is 403 g/mol. The number of carbonyl (C=O) groups excluding carboxylic acids is 1. The summed E-state index contributed by atoms with van der Waals surface area (Å²) < 4.78 is 5.87. The molecule has 1 aromatic carbocycles. The van der Waals surface area contributed by atoms with Crippen LogP contribution >= 0.6 is 0 Å². The molecule has 0 bridgehead atoms. The van der Waals surface area contributed by atoms with E-state index in [1.165, 1.54) is 6.42 Å². The van der Waals surface area contributed by atoms with E-state index in [-0.39, 0.29) is 17.9 Å². The molecule has 2 fully saturated rings. The average Bonchev–Trinajstić information content (AvgIpc) is 2.67. The third-order valence-electron chi connectivity index (χ3n) is 6.81. The van der Waals surface area contributed by atoms with Gasteiger partial charge in [-0.05, 0) is 80.9 Å². The summed E-state index contributed by atoms with van der Waals surface area (Å²) in [5.74, 6) is -0.0710. The molecule has 1 aromatic rings. The van der Waals surface area contributed by atoms with E-state index in [2.05, 4.69) is 0 Å². The Balaban J connectivity index is 1.40. The van der Waals surface area contributed by atoms with Gasteiger partial charge in [0.25, 0.3) is 0 Å². The third-order valence-corrected chi connectivity index (χ3v) is 6.81. The van der Waals surface area contributed by atoms with Crippen molar-refractivity contribution in [2.45, 2.75) is 70.6 Å². The number of benzene rings is 1. The van der Waals surface area contributed by atoms with Crippen molar-refractivity contribution in [2.24, 2.45) is 17.6 Å². The number of ether oxygens (including phenoxy) is 1. The van der Waals surface area contributed by atoms with E-state index in [4.69, 9.17) is 10.5 Å². The second-order valence-electron chi connectivity index (χ2n) is 8.81. The van der Waals surface area contributed by atoms with Gasteiger partial charge in [0.05, 0.1) is 18.2 Å². The first-order valence-electron chi connectivity index (χ1n) is 10.8. The van der Waals surface area contributed by atoms with Crippen LogP contribution in [0.3, 0.4) is 0 Å². The number of carboxylic acids is 1. The monoisotopic (exact) mass is 402 g/mol. The predicted molar refractivity (Wildman–Crippen MR) is 112 cm³/mol. The standard InChI is InChI=1S/C23H34N2O4/c1-15-6-7-17(12-20(15)23(27)28)14-29-13-16-8-10-18(11-9-16)21(24)22(26)25(2)19-4-3-5-19/h6-7,12,16,18-19,21H,3-5,8-11,13-14,24H2,1-2H3,(H,27,28)/t16?,18?,21-/m0/s1. The number of nitrogens with zero attached hydrogens (tertiary/aromatic N) is 1. The number of rotatable bonds is 8. The minimum atomic E-state index is -0.906. The van der Waals surface area contributed by atoms with Crippen molar-refractivity contribution < 1.29 is 19.4 Å². The van der Waals surface area contributed by atoms with Gasteiger partial charge in [-0.3, -0.25) is 4.79 Å². The zero-order chi connectivity index (χ0) is 21.0. The smallest absolute Gasteiger partial charge is 0.335 e. The lowest BCUT2D eigenvalue weighted by Gasteiger charge is -2.38. The van der Waals surface area contributed by atoms with Gasteiger partial charge in [-0.15, -0.1) is 0 Å². The Labute approximate surface area is 173 Å². The minimum absolute atomic E-state index is 0.100. The topological polar surface area (TPSA) is 92.9 Å². The fourth-order valence-corrected chi connectivity index (χ4v) is 4.44. The molecule has 0 aromatic heterocycles. The molecule has 3 N–H and O–H groups in total. The molecule has 6 nitrogen and oxygen atoms in total. The fourth-order valence-electron chi connectivity index (χ4n) is 4.44. The van der Waals surface area contributed by atoms with E-state index < -0.39 is 5.97 Å². The zero-order valence-electron chi connectivity index (χ0n) is 17.6. The first-order chi connectivity index (χ1) is 13.9. The first-order valence-corrected chi connectivity index (χ1v) is 10.8. The number of carbonyl (C=O) groups is 2. The van der Waals surface area contributed by atoms with Crippen LogP contribution in [0, 0.1) is 18.8 Å². The van der Waals surface area contributed by atoms with Crippen LogP contribution in [0.5, 0.6) is 0 Å². The summed E-state index contributed by atoms with van der Waals surface area (Å²) in [5.41, 5.74) is 8.28. The number of hydrogen-bond acceptors (Lipinski definition) is 4. The van der Waals surface area contributed by atoms with E-state index in [0.29, 0.717) is 30.7 Å². The lowest BCUT2D eigenvalue weighted by molar-refractivity contribution is -0.136. The van der Waals surface area contributed by atoms with Crippen molar-refractivity contribution in [1.29, 1.82) is 0 Å². The lowest BCUT2D eigenvalue weighted by Crippen LogP contribution is -2.52. The quantitative estimate of drug-likeness (QED) is 0.696. The van der Waals surface area contributed by atoms with Gasteiger partial charge in [0.15, 0.2) is 0 Å². The molecule has 2 aliphatic rings. The summed E-state index contributed by atoms with van der Waals surface area (Å²) in [5, 5.41) is 9.23. The number of hydrogen-bond donors (Lipinski definition) is 2. The maximum absolute atomic E-state index is 12.6.